The lowest BCUT2D eigenvalue weighted by molar-refractivity contribution is -0.192. The SMILES string of the molecule is CCCCC(=O)N1C[C@H]2[C@@H](CCOCc3ccccn3)CO[C@H]2C1.O=C(O)C(F)(F)F. The van der Waals surface area contributed by atoms with Crippen molar-refractivity contribution in [3.63, 3.8) is 0 Å². The second kappa shape index (κ2) is 12.0. The van der Waals surface area contributed by atoms with Crippen LogP contribution in [0.5, 0.6) is 0 Å². The Morgan fingerprint density at radius 3 is 2.68 bits per heavy atom. The van der Waals surface area contributed by atoms with Crippen LogP contribution >= 0.6 is 0 Å². The van der Waals surface area contributed by atoms with Crippen LogP contribution in [0.3, 0.4) is 0 Å². The molecule has 7 nitrogen and oxygen atoms in total. The van der Waals surface area contributed by atoms with Gasteiger partial charge in [-0.15, -0.1) is 0 Å². The third-order valence-electron chi connectivity index (χ3n) is 5.39. The monoisotopic (exact) mass is 446 g/mol. The summed E-state index contributed by atoms with van der Waals surface area (Å²) in [5, 5.41) is 7.12. The molecule has 0 spiro atoms. The Bertz CT molecular complexity index is 702. The number of pyridine rings is 1. The summed E-state index contributed by atoms with van der Waals surface area (Å²) in [7, 11) is 0. The molecule has 2 aliphatic rings. The molecule has 0 bridgehead atoms. The molecule has 1 amide bonds. The minimum Gasteiger partial charge on any atom is -0.475 e. The highest BCUT2D eigenvalue weighted by Gasteiger charge is 2.44. The lowest BCUT2D eigenvalue weighted by atomic mass is 9.91. The minimum atomic E-state index is -5.08. The topological polar surface area (TPSA) is 89.0 Å². The first kappa shape index (κ1) is 25.1. The Kier molecular flexibility index (Phi) is 9.70. The van der Waals surface area contributed by atoms with Gasteiger partial charge in [-0.3, -0.25) is 9.78 Å². The number of ether oxygens (including phenoxy) is 2. The summed E-state index contributed by atoms with van der Waals surface area (Å²) >= 11 is 0. The molecule has 2 saturated heterocycles. The maximum absolute atomic E-state index is 12.2. The molecular formula is C21H29F3N2O5. The number of hydrogen-bond acceptors (Lipinski definition) is 5. The molecule has 0 aliphatic carbocycles. The summed E-state index contributed by atoms with van der Waals surface area (Å²) in [4.78, 5) is 27.4. The van der Waals surface area contributed by atoms with E-state index in [4.69, 9.17) is 19.4 Å². The van der Waals surface area contributed by atoms with Crippen LogP contribution in [0.4, 0.5) is 13.2 Å². The average Bonchev–Trinajstić information content (AvgIpc) is 3.31. The predicted octanol–water partition coefficient (Wildman–Crippen LogP) is 3.29. The number of carbonyl (C=O) groups is 2. The van der Waals surface area contributed by atoms with Gasteiger partial charge in [-0.1, -0.05) is 19.4 Å². The van der Waals surface area contributed by atoms with Crippen LogP contribution in [-0.4, -0.2) is 65.5 Å². The van der Waals surface area contributed by atoms with Gasteiger partial charge in [0.15, 0.2) is 0 Å². The molecule has 174 valence electrons. The molecule has 31 heavy (non-hydrogen) atoms. The predicted molar refractivity (Wildman–Crippen MR) is 105 cm³/mol. The normalized spacial score (nSPS) is 22.6. The highest BCUT2D eigenvalue weighted by molar-refractivity contribution is 5.76. The van der Waals surface area contributed by atoms with Crippen molar-refractivity contribution in [3.05, 3.63) is 30.1 Å². The van der Waals surface area contributed by atoms with Crippen LogP contribution in [0.25, 0.3) is 0 Å². The van der Waals surface area contributed by atoms with Crippen LogP contribution in [0.2, 0.25) is 0 Å². The molecule has 1 N–H and O–H groups in total. The van der Waals surface area contributed by atoms with Gasteiger partial charge in [-0.25, -0.2) is 4.79 Å². The molecule has 3 rings (SSSR count). The van der Waals surface area contributed by atoms with Crippen molar-refractivity contribution in [2.45, 2.75) is 51.5 Å². The number of aliphatic carboxylic acids is 1. The van der Waals surface area contributed by atoms with Gasteiger partial charge in [0, 0.05) is 38.2 Å². The fraction of sp³-hybridized carbons (Fsp3) is 0.667. The first-order valence-electron chi connectivity index (χ1n) is 10.4. The number of aromatic nitrogens is 1. The number of fused-ring (bicyclic) bond motifs is 1. The fourth-order valence-corrected chi connectivity index (χ4v) is 3.68. The molecule has 0 unspecified atom stereocenters. The maximum atomic E-state index is 12.2. The summed E-state index contributed by atoms with van der Waals surface area (Å²) in [5.74, 6) is -1.48. The zero-order valence-corrected chi connectivity index (χ0v) is 17.5. The zero-order chi connectivity index (χ0) is 22.9. The molecule has 1 aromatic heterocycles. The van der Waals surface area contributed by atoms with Gasteiger partial charge >= 0.3 is 12.1 Å². The van der Waals surface area contributed by atoms with Crippen LogP contribution < -0.4 is 0 Å². The smallest absolute Gasteiger partial charge is 0.475 e. The number of unbranched alkanes of at least 4 members (excludes halogenated alkanes) is 1. The van der Waals surface area contributed by atoms with E-state index in [1.54, 1.807) is 6.20 Å². The fourth-order valence-electron chi connectivity index (χ4n) is 3.68. The Hall–Kier alpha value is -2.20. The molecule has 10 heteroatoms. The highest BCUT2D eigenvalue weighted by atomic mass is 19.4. The number of carboxylic acid groups (broad SMARTS) is 1. The van der Waals surface area contributed by atoms with E-state index in [1.807, 2.05) is 23.1 Å². The number of alkyl halides is 3. The third kappa shape index (κ3) is 8.10. The number of carbonyl (C=O) groups excluding carboxylic acids is 1. The number of hydrogen-bond donors (Lipinski definition) is 1. The number of rotatable bonds is 8. The minimum absolute atomic E-state index is 0.233. The van der Waals surface area contributed by atoms with Crippen molar-refractivity contribution in [3.8, 4) is 0 Å². The second-order valence-electron chi connectivity index (χ2n) is 7.66. The first-order chi connectivity index (χ1) is 14.7. The van der Waals surface area contributed by atoms with Gasteiger partial charge in [-0.2, -0.15) is 13.2 Å². The van der Waals surface area contributed by atoms with Crippen molar-refractivity contribution < 1.29 is 37.3 Å². The lowest BCUT2D eigenvalue weighted by Crippen LogP contribution is -2.31. The Labute approximate surface area is 179 Å². The zero-order valence-electron chi connectivity index (χ0n) is 17.5. The Balaban J connectivity index is 0.000000423. The molecule has 1 aromatic rings. The second-order valence-corrected chi connectivity index (χ2v) is 7.66. The number of halogens is 3. The summed E-state index contributed by atoms with van der Waals surface area (Å²) in [6.45, 7) is 5.84. The molecule has 2 fully saturated rings. The van der Waals surface area contributed by atoms with Gasteiger partial charge in [0.25, 0.3) is 0 Å². The van der Waals surface area contributed by atoms with E-state index in [2.05, 4.69) is 11.9 Å². The molecule has 3 heterocycles. The van der Waals surface area contributed by atoms with E-state index in [0.29, 0.717) is 30.8 Å². The number of amides is 1. The summed E-state index contributed by atoms with van der Waals surface area (Å²) in [5.41, 5.74) is 0.964. The molecule has 0 saturated carbocycles. The number of carboxylic acids is 1. The van der Waals surface area contributed by atoms with Crippen molar-refractivity contribution in [2.24, 2.45) is 11.8 Å². The van der Waals surface area contributed by atoms with Gasteiger partial charge in [0.1, 0.15) is 0 Å². The molecule has 2 aliphatic heterocycles. The quantitative estimate of drug-likeness (QED) is 0.617. The molecule has 0 radical (unpaired) electrons. The van der Waals surface area contributed by atoms with E-state index in [0.717, 1.165) is 51.3 Å². The summed E-state index contributed by atoms with van der Waals surface area (Å²) in [6, 6.07) is 5.86. The van der Waals surface area contributed by atoms with Crippen molar-refractivity contribution in [2.75, 3.05) is 26.3 Å². The Morgan fingerprint density at radius 2 is 2.06 bits per heavy atom. The van der Waals surface area contributed by atoms with Crippen LogP contribution in [0.15, 0.2) is 24.4 Å². The van der Waals surface area contributed by atoms with E-state index >= 15 is 0 Å². The van der Waals surface area contributed by atoms with E-state index in [-0.39, 0.29) is 6.10 Å². The maximum Gasteiger partial charge on any atom is 0.490 e. The van der Waals surface area contributed by atoms with Gasteiger partial charge in [0.2, 0.25) is 5.91 Å². The highest BCUT2D eigenvalue weighted by Crippen LogP contribution is 2.35. The van der Waals surface area contributed by atoms with Gasteiger partial charge in [0.05, 0.1) is 25.0 Å². The molecular weight excluding hydrogens is 417 g/mol. The number of likely N-dealkylation sites (tertiary alicyclic amines) is 1. The van der Waals surface area contributed by atoms with E-state index in [9.17, 15) is 18.0 Å². The Morgan fingerprint density at radius 1 is 1.32 bits per heavy atom. The van der Waals surface area contributed by atoms with Crippen molar-refractivity contribution >= 4 is 11.9 Å². The molecule has 3 atom stereocenters. The van der Waals surface area contributed by atoms with Crippen molar-refractivity contribution in [1.82, 2.24) is 9.88 Å². The summed E-state index contributed by atoms with van der Waals surface area (Å²) in [6.07, 6.45) is 0.654. The summed E-state index contributed by atoms with van der Waals surface area (Å²) < 4.78 is 43.4. The average molecular weight is 446 g/mol. The largest absolute Gasteiger partial charge is 0.490 e. The first-order valence-corrected chi connectivity index (χ1v) is 10.4. The van der Waals surface area contributed by atoms with Gasteiger partial charge in [-0.05, 0) is 30.9 Å². The lowest BCUT2D eigenvalue weighted by Gasteiger charge is -2.20. The number of nitrogens with zero attached hydrogens (tertiary/aromatic N) is 2. The van der Waals surface area contributed by atoms with Gasteiger partial charge < -0.3 is 19.5 Å². The standard InChI is InChI=1S/C19H28N2O3.C2HF3O2/c1-2-3-7-19(22)21-11-17-15(13-24-18(17)12-21)8-10-23-14-16-6-4-5-9-20-16;3-2(4,5)1(6)7/h4-6,9,15,17-18H,2-3,7-8,10-14H2,1H3;(H,6,7)/t15-,17-,18-;/m0./s1. The van der Waals surface area contributed by atoms with Crippen molar-refractivity contribution in [1.29, 1.82) is 0 Å². The third-order valence-corrected chi connectivity index (χ3v) is 5.39. The molecule has 0 aromatic carbocycles. The van der Waals surface area contributed by atoms with E-state index < -0.39 is 12.1 Å². The van der Waals surface area contributed by atoms with Crippen LogP contribution in [0, 0.1) is 11.8 Å². The van der Waals surface area contributed by atoms with E-state index in [1.165, 1.54) is 0 Å². The van der Waals surface area contributed by atoms with Crippen LogP contribution in [0.1, 0.15) is 38.3 Å². The van der Waals surface area contributed by atoms with Crippen LogP contribution in [-0.2, 0) is 25.7 Å².